The summed E-state index contributed by atoms with van der Waals surface area (Å²) >= 11 is -1.72. The second kappa shape index (κ2) is 8.96. The van der Waals surface area contributed by atoms with E-state index in [1.807, 2.05) is 34.6 Å². The van der Waals surface area contributed by atoms with Gasteiger partial charge in [-0.3, -0.25) is 0 Å². The van der Waals surface area contributed by atoms with E-state index >= 15 is 0 Å². The quantitative estimate of drug-likeness (QED) is 0.289. The molecule has 0 N–H and O–H groups in total. The Morgan fingerprint density at radius 1 is 1.22 bits per heavy atom. The summed E-state index contributed by atoms with van der Waals surface area (Å²) in [5.74, 6) is 0. The third-order valence-electron chi connectivity index (χ3n) is 2.03. The topological polar surface area (TPSA) is 44.8 Å². The van der Waals surface area contributed by atoms with Crippen LogP contribution in [0.3, 0.4) is 0 Å². The average Bonchev–Trinajstić information content (AvgIpc) is 2.22. The molecule has 0 fully saturated rings. The number of halogens is 1. The molecule has 0 aromatic heterocycles. The first kappa shape index (κ1) is 18.9. The summed E-state index contributed by atoms with van der Waals surface area (Å²) in [5, 5.41) is 0. The average molecular weight is 485 g/mol. The summed E-state index contributed by atoms with van der Waals surface area (Å²) in [4.78, 5) is 0. The Morgan fingerprint density at radius 3 is 1.89 bits per heavy atom. The van der Waals surface area contributed by atoms with Crippen molar-refractivity contribution in [3.8, 4) is 0 Å². The van der Waals surface area contributed by atoms with Crippen molar-refractivity contribution in [3.05, 3.63) is 8.58 Å². The SMILES string of the molecule is CC/[C]([Hg][Cl])=C(\OC)P(=O)(OC(C)C)OC(C)C. The van der Waals surface area contributed by atoms with Crippen molar-refractivity contribution in [1.82, 2.24) is 0 Å². The maximum absolute atomic E-state index is 12.9. The van der Waals surface area contributed by atoms with Crippen molar-refractivity contribution in [2.75, 3.05) is 7.11 Å². The van der Waals surface area contributed by atoms with Crippen LogP contribution in [0.2, 0.25) is 0 Å². The molecule has 0 bridgehead atoms. The van der Waals surface area contributed by atoms with E-state index < -0.39 is 30.9 Å². The van der Waals surface area contributed by atoms with Crippen LogP contribution < -0.4 is 0 Å². The molecular weight excluding hydrogens is 463 g/mol. The number of ether oxygens (including phenoxy) is 1. The molecular formula is C11H22ClHgO4P. The van der Waals surface area contributed by atoms with Gasteiger partial charge in [0.25, 0.3) is 0 Å². The molecule has 0 spiro atoms. The third kappa shape index (κ3) is 5.91. The third-order valence-corrected chi connectivity index (χ3v) is 12.9. The van der Waals surface area contributed by atoms with Crippen molar-refractivity contribution < 1.29 is 41.7 Å². The molecule has 0 rings (SSSR count). The molecule has 0 radical (unpaired) electrons. The van der Waals surface area contributed by atoms with Crippen molar-refractivity contribution >= 4 is 15.8 Å². The summed E-state index contributed by atoms with van der Waals surface area (Å²) < 4.78 is 30.2. The predicted octanol–water partition coefficient (Wildman–Crippen LogP) is 4.49. The molecule has 0 amide bonds. The number of hydrogen-bond donors (Lipinski definition) is 0. The van der Waals surface area contributed by atoms with Crippen molar-refractivity contribution in [2.45, 2.75) is 53.2 Å². The normalized spacial score (nSPS) is 13.6. The molecule has 0 unspecified atom stereocenters. The van der Waals surface area contributed by atoms with Gasteiger partial charge in [0, 0.05) is 0 Å². The van der Waals surface area contributed by atoms with Gasteiger partial charge in [0.15, 0.2) is 0 Å². The zero-order chi connectivity index (χ0) is 14.3. The molecule has 0 saturated carbocycles. The van der Waals surface area contributed by atoms with Gasteiger partial charge in [-0.25, -0.2) is 0 Å². The van der Waals surface area contributed by atoms with Crippen LogP contribution in [0.15, 0.2) is 8.58 Å². The molecule has 0 heterocycles. The molecule has 7 heteroatoms. The number of hydrogen-bond acceptors (Lipinski definition) is 4. The number of allylic oxidation sites excluding steroid dienone is 1. The first-order chi connectivity index (χ1) is 8.30. The second-order valence-electron chi connectivity index (χ2n) is 4.41. The minimum absolute atomic E-state index is 0.204. The van der Waals surface area contributed by atoms with Gasteiger partial charge >= 0.3 is 126 Å². The van der Waals surface area contributed by atoms with Gasteiger partial charge in [0.1, 0.15) is 0 Å². The Balaban J connectivity index is 5.52. The van der Waals surface area contributed by atoms with E-state index in [-0.39, 0.29) is 12.2 Å². The molecule has 0 aliphatic carbocycles. The van der Waals surface area contributed by atoms with Crippen LogP contribution in [-0.4, -0.2) is 19.3 Å². The van der Waals surface area contributed by atoms with E-state index in [1.54, 1.807) is 0 Å². The molecule has 0 aromatic rings. The van der Waals surface area contributed by atoms with Crippen LogP contribution in [0.25, 0.3) is 0 Å². The molecule has 4 nitrogen and oxygen atoms in total. The minimum atomic E-state index is -3.40. The van der Waals surface area contributed by atoms with Crippen LogP contribution in [0.5, 0.6) is 0 Å². The van der Waals surface area contributed by atoms with Gasteiger partial charge < -0.3 is 0 Å². The van der Waals surface area contributed by atoms with E-state index in [9.17, 15) is 4.57 Å². The van der Waals surface area contributed by atoms with Crippen molar-refractivity contribution in [2.24, 2.45) is 0 Å². The summed E-state index contributed by atoms with van der Waals surface area (Å²) in [7, 11) is 4.16. The van der Waals surface area contributed by atoms with Gasteiger partial charge in [-0.2, -0.15) is 0 Å². The van der Waals surface area contributed by atoms with E-state index in [4.69, 9.17) is 22.0 Å². The zero-order valence-corrected chi connectivity index (χ0v) is 19.2. The number of methoxy groups -OCH3 is 1. The maximum atomic E-state index is 12.9. The van der Waals surface area contributed by atoms with E-state index in [1.165, 1.54) is 7.11 Å². The first-order valence-electron chi connectivity index (χ1n) is 6.10. The van der Waals surface area contributed by atoms with Crippen LogP contribution in [-0.2, 0) is 41.7 Å². The Labute approximate surface area is 126 Å². The molecule has 0 saturated heterocycles. The molecule has 0 atom stereocenters. The zero-order valence-electron chi connectivity index (χ0n) is 12.0. The van der Waals surface area contributed by atoms with Gasteiger partial charge in [-0.05, 0) is 0 Å². The Kier molecular flexibility index (Phi) is 9.42. The monoisotopic (exact) mass is 486 g/mol. The number of rotatable bonds is 8. The fraction of sp³-hybridized carbons (Fsp3) is 0.818. The van der Waals surface area contributed by atoms with Crippen LogP contribution >= 0.6 is 15.8 Å². The van der Waals surface area contributed by atoms with Gasteiger partial charge in [0.05, 0.1) is 0 Å². The molecule has 0 aliphatic rings. The second-order valence-corrected chi connectivity index (χ2v) is 12.9. The standard InChI is InChI=1S/C11H22O4P.ClH.Hg/c1-7-8-11(13-6)16(12,14-9(2)3)15-10(4)5;;/h9-10H,7H2,1-6H3;1H;/q;;+1/p-1. The van der Waals surface area contributed by atoms with E-state index in [0.29, 0.717) is 5.50 Å². The van der Waals surface area contributed by atoms with Crippen LogP contribution in [0, 0.1) is 0 Å². The Hall–Kier alpha value is 0.915. The summed E-state index contributed by atoms with van der Waals surface area (Å²) in [6, 6.07) is 0. The van der Waals surface area contributed by atoms with Gasteiger partial charge in [-0.1, -0.05) is 0 Å². The molecule has 0 aliphatic heterocycles. The van der Waals surface area contributed by atoms with Crippen LogP contribution in [0.4, 0.5) is 0 Å². The summed E-state index contributed by atoms with van der Waals surface area (Å²) in [6.07, 6.45) is 0.330. The molecule has 0 aromatic carbocycles. The fourth-order valence-electron chi connectivity index (χ4n) is 1.43. The predicted molar refractivity (Wildman–Crippen MR) is 70.2 cm³/mol. The van der Waals surface area contributed by atoms with Crippen molar-refractivity contribution in [3.63, 3.8) is 0 Å². The van der Waals surface area contributed by atoms with Gasteiger partial charge in [-0.15, -0.1) is 0 Å². The van der Waals surface area contributed by atoms with E-state index in [0.717, 1.165) is 9.50 Å². The first-order valence-corrected chi connectivity index (χ1v) is 17.2. The molecule has 104 valence electrons. The van der Waals surface area contributed by atoms with Gasteiger partial charge in [0.2, 0.25) is 0 Å². The molecule has 18 heavy (non-hydrogen) atoms. The Morgan fingerprint density at radius 2 is 1.67 bits per heavy atom. The van der Waals surface area contributed by atoms with E-state index in [2.05, 4.69) is 0 Å². The van der Waals surface area contributed by atoms with Crippen molar-refractivity contribution in [1.29, 1.82) is 0 Å². The summed E-state index contributed by atoms with van der Waals surface area (Å²) in [5.41, 5.74) is 0.337. The Bertz CT molecular complexity index is 311. The fourth-order valence-corrected chi connectivity index (χ4v) is 11.8. The summed E-state index contributed by atoms with van der Waals surface area (Å²) in [6.45, 7) is 9.26. The van der Waals surface area contributed by atoms with Crippen LogP contribution in [0.1, 0.15) is 41.0 Å².